The predicted molar refractivity (Wildman–Crippen MR) is 111 cm³/mol. The lowest BCUT2D eigenvalue weighted by molar-refractivity contribution is -0.219. The van der Waals surface area contributed by atoms with Gasteiger partial charge in [0.05, 0.1) is 19.3 Å². The Balaban J connectivity index is 1.99. The van der Waals surface area contributed by atoms with Gasteiger partial charge in [0.2, 0.25) is 5.79 Å². The first-order valence-electron chi connectivity index (χ1n) is 10.1. The molecule has 1 aliphatic rings. The van der Waals surface area contributed by atoms with Crippen molar-refractivity contribution in [3.8, 4) is 11.5 Å². The van der Waals surface area contributed by atoms with E-state index in [4.69, 9.17) is 27.5 Å². The lowest BCUT2D eigenvalue weighted by Gasteiger charge is -2.38. The van der Waals surface area contributed by atoms with Crippen LogP contribution in [-0.4, -0.2) is 39.1 Å². The Morgan fingerprint density at radius 3 is 2.16 bits per heavy atom. The number of benzene rings is 1. The number of carbonyl (C=O) groups is 3. The molecule has 1 aromatic rings. The molecule has 31 heavy (non-hydrogen) atoms. The molecule has 1 atom stereocenters. The van der Waals surface area contributed by atoms with Gasteiger partial charge in [-0.2, -0.15) is 0 Å². The van der Waals surface area contributed by atoms with Crippen LogP contribution in [0.4, 0.5) is 0 Å². The van der Waals surface area contributed by atoms with Crippen molar-refractivity contribution >= 4 is 26.7 Å². The van der Waals surface area contributed by atoms with E-state index in [9.17, 15) is 14.4 Å². The monoisotopic (exact) mass is 454 g/mol. The Hall–Kier alpha value is -2.59. The Bertz CT molecular complexity index is 782. The molecule has 172 valence electrons. The maximum absolute atomic E-state index is 11.5. The smallest absolute Gasteiger partial charge is 0.494 e. The van der Waals surface area contributed by atoms with E-state index in [1.54, 1.807) is 6.07 Å². The van der Waals surface area contributed by atoms with Crippen molar-refractivity contribution in [2.75, 3.05) is 6.61 Å². The molecular formula is C21H30O9Si. The average molecular weight is 455 g/mol. The van der Waals surface area contributed by atoms with Gasteiger partial charge in [-0.1, -0.05) is 13.8 Å². The predicted octanol–water partition coefficient (Wildman–Crippen LogP) is 3.36. The summed E-state index contributed by atoms with van der Waals surface area (Å²) in [6.45, 7) is 10.1. The van der Waals surface area contributed by atoms with E-state index < -0.39 is 32.5 Å². The third-order valence-corrected chi connectivity index (χ3v) is 7.46. The van der Waals surface area contributed by atoms with Crippen LogP contribution in [0.3, 0.4) is 0 Å². The van der Waals surface area contributed by atoms with Crippen molar-refractivity contribution in [2.24, 2.45) is 5.92 Å². The normalized spacial score (nSPS) is 17.9. The standard InChI is InChI=1S/C21H30O9Si/c1-14(2)21(6)26-13-18-12-19(8-9-20(18)27-21)25-10-7-11-31(28-15(3)22,29-16(4)23)30-17(5)24/h8-9,12,14H,7,10-11,13H2,1-6H3. The molecule has 10 heteroatoms. The highest BCUT2D eigenvalue weighted by Crippen LogP contribution is 2.37. The van der Waals surface area contributed by atoms with Crippen molar-refractivity contribution in [3.05, 3.63) is 23.8 Å². The first-order chi connectivity index (χ1) is 14.4. The van der Waals surface area contributed by atoms with Gasteiger partial charge in [-0.25, -0.2) is 0 Å². The summed E-state index contributed by atoms with van der Waals surface area (Å²) in [4.78, 5) is 34.4. The van der Waals surface area contributed by atoms with Crippen molar-refractivity contribution < 1.29 is 41.9 Å². The highest BCUT2D eigenvalue weighted by Gasteiger charge is 2.51. The minimum Gasteiger partial charge on any atom is -0.494 e. The van der Waals surface area contributed by atoms with E-state index in [2.05, 4.69) is 0 Å². The summed E-state index contributed by atoms with van der Waals surface area (Å²) < 4.78 is 33.1. The van der Waals surface area contributed by atoms with Crippen LogP contribution >= 0.6 is 0 Å². The number of rotatable bonds is 9. The zero-order valence-corrected chi connectivity index (χ0v) is 19.8. The van der Waals surface area contributed by atoms with E-state index in [0.717, 1.165) is 32.1 Å². The summed E-state index contributed by atoms with van der Waals surface area (Å²) in [5, 5.41) is 0. The Morgan fingerprint density at radius 1 is 1.06 bits per heavy atom. The third-order valence-electron chi connectivity index (χ3n) is 4.70. The molecule has 0 amide bonds. The van der Waals surface area contributed by atoms with Crippen LogP contribution in [0.2, 0.25) is 6.04 Å². The number of ether oxygens (including phenoxy) is 3. The number of carbonyl (C=O) groups excluding carboxylic acids is 3. The van der Waals surface area contributed by atoms with Crippen LogP contribution in [0.5, 0.6) is 11.5 Å². The maximum atomic E-state index is 11.5. The van der Waals surface area contributed by atoms with Gasteiger partial charge in [0, 0.05) is 39.2 Å². The van der Waals surface area contributed by atoms with Crippen molar-refractivity contribution in [1.82, 2.24) is 0 Å². The Morgan fingerprint density at radius 2 is 1.65 bits per heavy atom. The van der Waals surface area contributed by atoms with E-state index in [0.29, 0.717) is 18.8 Å². The summed E-state index contributed by atoms with van der Waals surface area (Å²) in [7, 11) is -3.84. The van der Waals surface area contributed by atoms with Gasteiger partial charge in [0.15, 0.2) is 0 Å². The number of hydrogen-bond acceptors (Lipinski definition) is 9. The molecule has 0 radical (unpaired) electrons. The van der Waals surface area contributed by atoms with Crippen molar-refractivity contribution in [3.63, 3.8) is 0 Å². The lowest BCUT2D eigenvalue weighted by atomic mass is 10.0. The molecule has 1 heterocycles. The topological polar surface area (TPSA) is 107 Å². The molecule has 0 spiro atoms. The molecule has 0 fully saturated rings. The summed E-state index contributed by atoms with van der Waals surface area (Å²) in [5.41, 5.74) is 0.874. The van der Waals surface area contributed by atoms with Crippen LogP contribution in [0, 0.1) is 5.92 Å². The van der Waals surface area contributed by atoms with Crippen LogP contribution in [0.15, 0.2) is 18.2 Å². The summed E-state index contributed by atoms with van der Waals surface area (Å²) in [5.74, 6) is -1.21. The number of hydrogen-bond donors (Lipinski definition) is 0. The Kier molecular flexibility index (Phi) is 8.07. The molecule has 0 N–H and O–H groups in total. The van der Waals surface area contributed by atoms with Crippen LogP contribution < -0.4 is 9.47 Å². The second-order valence-corrected chi connectivity index (χ2v) is 10.2. The fourth-order valence-electron chi connectivity index (χ4n) is 2.96. The summed E-state index contributed by atoms with van der Waals surface area (Å²) in [6.07, 6.45) is 0.329. The van der Waals surface area contributed by atoms with Gasteiger partial charge in [-0.3, -0.25) is 14.4 Å². The fraction of sp³-hybridized carbons (Fsp3) is 0.571. The van der Waals surface area contributed by atoms with Gasteiger partial charge in [-0.05, 0) is 24.6 Å². The van der Waals surface area contributed by atoms with Gasteiger partial charge in [0.1, 0.15) is 11.5 Å². The zero-order chi connectivity index (χ0) is 23.2. The van der Waals surface area contributed by atoms with E-state index in [1.807, 2.05) is 32.9 Å². The van der Waals surface area contributed by atoms with Crippen molar-refractivity contribution in [1.29, 1.82) is 0 Å². The van der Waals surface area contributed by atoms with Gasteiger partial charge in [0.25, 0.3) is 17.9 Å². The fourth-order valence-corrected chi connectivity index (χ4v) is 5.29. The Labute approximate surface area is 183 Å². The minimum absolute atomic E-state index is 0.0512. The minimum atomic E-state index is -3.84. The van der Waals surface area contributed by atoms with Crippen LogP contribution in [-0.2, 0) is 39.0 Å². The molecule has 0 saturated carbocycles. The summed E-state index contributed by atoms with van der Waals surface area (Å²) in [6, 6.07) is 5.52. The molecular weight excluding hydrogens is 424 g/mol. The first-order valence-corrected chi connectivity index (χ1v) is 12.1. The zero-order valence-electron chi connectivity index (χ0n) is 18.8. The molecule has 9 nitrogen and oxygen atoms in total. The van der Waals surface area contributed by atoms with Gasteiger partial charge in [-0.15, -0.1) is 0 Å². The molecule has 0 saturated heterocycles. The second-order valence-electron chi connectivity index (χ2n) is 7.75. The van der Waals surface area contributed by atoms with E-state index in [-0.39, 0.29) is 18.6 Å². The van der Waals surface area contributed by atoms with Gasteiger partial charge >= 0.3 is 8.80 Å². The average Bonchev–Trinajstić information content (AvgIpc) is 2.63. The van der Waals surface area contributed by atoms with Gasteiger partial charge < -0.3 is 27.5 Å². The quantitative estimate of drug-likeness (QED) is 0.410. The third kappa shape index (κ3) is 6.96. The summed E-state index contributed by atoms with van der Waals surface area (Å²) >= 11 is 0. The highest BCUT2D eigenvalue weighted by molar-refractivity contribution is 6.65. The van der Waals surface area contributed by atoms with E-state index in [1.165, 1.54) is 0 Å². The van der Waals surface area contributed by atoms with Crippen LogP contribution in [0.25, 0.3) is 0 Å². The molecule has 1 aromatic carbocycles. The van der Waals surface area contributed by atoms with E-state index >= 15 is 0 Å². The molecule has 0 aliphatic carbocycles. The SMILES string of the molecule is CC(=O)O[Si](CCCOc1ccc2c(c1)COC(C)(C(C)C)O2)(OC(C)=O)OC(C)=O. The molecule has 1 aliphatic heterocycles. The lowest BCUT2D eigenvalue weighted by Crippen LogP contribution is -2.49. The highest BCUT2D eigenvalue weighted by atomic mass is 28.4. The molecule has 0 aromatic heterocycles. The van der Waals surface area contributed by atoms with Crippen LogP contribution in [0.1, 0.15) is 53.5 Å². The second kappa shape index (κ2) is 10.1. The molecule has 1 unspecified atom stereocenters. The largest absolute Gasteiger partial charge is 0.705 e. The number of fused-ring (bicyclic) bond motifs is 1. The molecule has 0 bridgehead atoms. The molecule has 2 rings (SSSR count). The first kappa shape index (κ1) is 24.7. The maximum Gasteiger partial charge on any atom is 0.705 e. The van der Waals surface area contributed by atoms with Crippen molar-refractivity contribution in [2.45, 2.75) is 66.4 Å².